The molecule has 0 aliphatic carbocycles. The standard InChI is InChI=1S/C15H16N2O2/c1-18-13-8-10-4-3-7-17-12(5-6-15(17)16)11(10)9-14(13)19-2/h3,5-9H,4,16H2,1-2H3. The van der Waals surface area contributed by atoms with Crippen molar-refractivity contribution in [3.05, 3.63) is 35.9 Å². The number of nitrogens with zero attached hydrogens (tertiary/aromatic N) is 1. The van der Waals surface area contributed by atoms with Crippen LogP contribution in [0.15, 0.2) is 30.3 Å². The number of aromatic nitrogens is 1. The zero-order valence-electron chi connectivity index (χ0n) is 11.0. The summed E-state index contributed by atoms with van der Waals surface area (Å²) in [6, 6.07) is 7.96. The van der Waals surface area contributed by atoms with Crippen molar-refractivity contribution in [3.8, 4) is 22.8 Å². The molecule has 0 fully saturated rings. The van der Waals surface area contributed by atoms with E-state index in [0.717, 1.165) is 35.0 Å². The van der Waals surface area contributed by atoms with E-state index in [9.17, 15) is 0 Å². The van der Waals surface area contributed by atoms with Gasteiger partial charge in [0.1, 0.15) is 5.82 Å². The molecule has 0 spiro atoms. The first kappa shape index (κ1) is 11.7. The molecule has 0 atom stereocenters. The van der Waals surface area contributed by atoms with Gasteiger partial charge in [0.05, 0.1) is 19.9 Å². The summed E-state index contributed by atoms with van der Waals surface area (Å²) in [5, 5.41) is 0. The van der Waals surface area contributed by atoms with Gasteiger partial charge in [0.15, 0.2) is 11.5 Å². The van der Waals surface area contributed by atoms with Crippen molar-refractivity contribution >= 4 is 12.0 Å². The number of nitrogen functional groups attached to an aromatic ring is 1. The van der Waals surface area contributed by atoms with Crippen molar-refractivity contribution in [1.29, 1.82) is 0 Å². The fourth-order valence-corrected chi connectivity index (χ4v) is 2.46. The van der Waals surface area contributed by atoms with Crippen molar-refractivity contribution in [3.63, 3.8) is 0 Å². The molecule has 0 bridgehead atoms. The number of anilines is 1. The van der Waals surface area contributed by atoms with Crippen molar-refractivity contribution in [1.82, 2.24) is 4.57 Å². The van der Waals surface area contributed by atoms with E-state index in [2.05, 4.69) is 6.08 Å². The third kappa shape index (κ3) is 1.76. The van der Waals surface area contributed by atoms with E-state index in [1.165, 1.54) is 5.56 Å². The third-order valence-corrected chi connectivity index (χ3v) is 3.43. The molecule has 98 valence electrons. The number of allylic oxidation sites excluding steroid dienone is 1. The molecule has 0 saturated carbocycles. The van der Waals surface area contributed by atoms with Crippen LogP contribution in [-0.4, -0.2) is 18.8 Å². The summed E-state index contributed by atoms with van der Waals surface area (Å²) in [7, 11) is 3.30. The van der Waals surface area contributed by atoms with Gasteiger partial charge in [0.25, 0.3) is 0 Å². The van der Waals surface area contributed by atoms with Crippen LogP contribution in [0.5, 0.6) is 11.5 Å². The molecule has 1 aromatic heterocycles. The Kier molecular flexibility index (Phi) is 2.71. The molecule has 4 nitrogen and oxygen atoms in total. The fraction of sp³-hybridized carbons (Fsp3) is 0.200. The maximum atomic E-state index is 5.97. The van der Waals surface area contributed by atoms with Gasteiger partial charge in [0, 0.05) is 11.8 Å². The van der Waals surface area contributed by atoms with E-state index in [1.807, 2.05) is 35.0 Å². The molecule has 2 heterocycles. The van der Waals surface area contributed by atoms with Gasteiger partial charge in [-0.2, -0.15) is 0 Å². The number of nitrogens with two attached hydrogens (primary N) is 1. The minimum absolute atomic E-state index is 0.730. The van der Waals surface area contributed by atoms with Gasteiger partial charge in [-0.15, -0.1) is 0 Å². The van der Waals surface area contributed by atoms with Crippen molar-refractivity contribution in [2.45, 2.75) is 6.42 Å². The van der Waals surface area contributed by atoms with Gasteiger partial charge in [-0.3, -0.25) is 0 Å². The van der Waals surface area contributed by atoms with Crippen LogP contribution in [0.1, 0.15) is 5.56 Å². The van der Waals surface area contributed by atoms with Crippen LogP contribution in [0.2, 0.25) is 0 Å². The second-order valence-electron chi connectivity index (χ2n) is 4.47. The third-order valence-electron chi connectivity index (χ3n) is 3.43. The Morgan fingerprint density at radius 2 is 1.84 bits per heavy atom. The van der Waals surface area contributed by atoms with Crippen molar-refractivity contribution < 1.29 is 9.47 Å². The number of hydrogen-bond acceptors (Lipinski definition) is 3. The molecule has 2 aromatic rings. The van der Waals surface area contributed by atoms with Crippen LogP contribution < -0.4 is 15.2 Å². The normalized spacial score (nSPS) is 12.5. The lowest BCUT2D eigenvalue weighted by Gasteiger charge is -2.13. The molecule has 19 heavy (non-hydrogen) atoms. The summed E-state index contributed by atoms with van der Waals surface area (Å²) in [5.74, 6) is 2.21. The Morgan fingerprint density at radius 3 is 2.58 bits per heavy atom. The monoisotopic (exact) mass is 256 g/mol. The predicted octanol–water partition coefficient (Wildman–Crippen LogP) is 2.78. The van der Waals surface area contributed by atoms with Gasteiger partial charge in [-0.25, -0.2) is 0 Å². The van der Waals surface area contributed by atoms with Crippen LogP contribution in [0.4, 0.5) is 5.82 Å². The van der Waals surface area contributed by atoms with Crippen LogP contribution in [0.25, 0.3) is 17.5 Å². The Hall–Kier alpha value is -2.36. The number of hydrogen-bond donors (Lipinski definition) is 1. The summed E-state index contributed by atoms with van der Waals surface area (Å²) in [5.41, 5.74) is 9.37. The van der Waals surface area contributed by atoms with E-state index in [4.69, 9.17) is 15.2 Å². The summed E-state index contributed by atoms with van der Waals surface area (Å²) in [4.78, 5) is 0. The van der Waals surface area contributed by atoms with Gasteiger partial charge < -0.3 is 19.8 Å². The van der Waals surface area contributed by atoms with Crippen LogP contribution >= 0.6 is 0 Å². The summed E-state index contributed by atoms with van der Waals surface area (Å²) in [6.07, 6.45) is 4.94. The Bertz CT molecular complexity index is 656. The maximum absolute atomic E-state index is 5.97. The van der Waals surface area contributed by atoms with Crippen molar-refractivity contribution in [2.24, 2.45) is 0 Å². The molecular formula is C15H16N2O2. The number of rotatable bonds is 2. The number of fused-ring (bicyclic) bond motifs is 3. The SMILES string of the molecule is COc1cc2c(cc1OC)-c1ccc(N)n1C=CC2. The maximum Gasteiger partial charge on any atom is 0.161 e. The summed E-state index contributed by atoms with van der Waals surface area (Å²) >= 11 is 0. The second-order valence-corrected chi connectivity index (χ2v) is 4.47. The number of methoxy groups -OCH3 is 2. The predicted molar refractivity (Wildman–Crippen MR) is 76.4 cm³/mol. The molecular weight excluding hydrogens is 240 g/mol. The Morgan fingerprint density at radius 1 is 1.11 bits per heavy atom. The van der Waals surface area contributed by atoms with E-state index in [-0.39, 0.29) is 0 Å². The van der Waals surface area contributed by atoms with Gasteiger partial charge in [-0.05, 0) is 36.2 Å². The van der Waals surface area contributed by atoms with Gasteiger partial charge in [0.2, 0.25) is 0 Å². The highest BCUT2D eigenvalue weighted by Crippen LogP contribution is 2.38. The van der Waals surface area contributed by atoms with Gasteiger partial charge >= 0.3 is 0 Å². The number of ether oxygens (including phenoxy) is 2. The van der Waals surface area contributed by atoms with Crippen LogP contribution in [-0.2, 0) is 6.42 Å². The largest absolute Gasteiger partial charge is 0.493 e. The lowest BCUT2D eigenvalue weighted by atomic mass is 10.0. The van der Waals surface area contributed by atoms with Gasteiger partial charge in [-0.1, -0.05) is 6.08 Å². The molecule has 2 N–H and O–H groups in total. The van der Waals surface area contributed by atoms with Crippen molar-refractivity contribution in [2.75, 3.05) is 20.0 Å². The first-order valence-electron chi connectivity index (χ1n) is 6.13. The molecule has 1 aliphatic heterocycles. The fourth-order valence-electron chi connectivity index (χ4n) is 2.46. The van der Waals surface area contributed by atoms with E-state index in [1.54, 1.807) is 14.2 Å². The zero-order chi connectivity index (χ0) is 13.4. The van der Waals surface area contributed by atoms with E-state index < -0.39 is 0 Å². The summed E-state index contributed by atoms with van der Waals surface area (Å²) < 4.78 is 12.7. The smallest absolute Gasteiger partial charge is 0.161 e. The minimum atomic E-state index is 0.730. The molecule has 1 aliphatic rings. The molecule has 0 unspecified atom stereocenters. The molecule has 0 amide bonds. The molecule has 4 heteroatoms. The average molecular weight is 256 g/mol. The quantitative estimate of drug-likeness (QED) is 0.898. The first-order valence-corrected chi connectivity index (χ1v) is 6.13. The highest BCUT2D eigenvalue weighted by molar-refractivity contribution is 5.75. The Labute approximate surface area is 112 Å². The lowest BCUT2D eigenvalue weighted by Crippen LogP contribution is -1.98. The van der Waals surface area contributed by atoms with E-state index in [0.29, 0.717) is 0 Å². The number of benzene rings is 1. The first-order chi connectivity index (χ1) is 9.24. The topological polar surface area (TPSA) is 49.4 Å². The lowest BCUT2D eigenvalue weighted by molar-refractivity contribution is 0.355. The summed E-state index contributed by atoms with van der Waals surface area (Å²) in [6.45, 7) is 0. The average Bonchev–Trinajstić information content (AvgIpc) is 2.70. The molecule has 3 rings (SSSR count). The second kappa shape index (κ2) is 4.39. The zero-order valence-corrected chi connectivity index (χ0v) is 11.0. The Balaban J connectivity index is 2.26. The molecule has 1 aromatic carbocycles. The molecule has 0 radical (unpaired) electrons. The van der Waals surface area contributed by atoms with E-state index >= 15 is 0 Å². The van der Waals surface area contributed by atoms with Crippen LogP contribution in [0.3, 0.4) is 0 Å². The highest BCUT2D eigenvalue weighted by Gasteiger charge is 2.17. The molecule has 0 saturated heterocycles. The van der Waals surface area contributed by atoms with Crippen LogP contribution in [0, 0.1) is 0 Å². The highest BCUT2D eigenvalue weighted by atomic mass is 16.5. The minimum Gasteiger partial charge on any atom is -0.493 e.